The number of thiol groups is 1. The van der Waals surface area contributed by atoms with Crippen LogP contribution >= 0.6 is 12.6 Å². The molecule has 0 heterocycles. The van der Waals surface area contributed by atoms with Crippen LogP contribution in [0, 0.1) is 0 Å². The van der Waals surface area contributed by atoms with Crippen LogP contribution < -0.4 is 0 Å². The molecule has 1 unspecified atom stereocenters. The Morgan fingerprint density at radius 2 is 1.46 bits per heavy atom. The first kappa shape index (κ1) is 21.1. The second-order valence-electron chi connectivity index (χ2n) is 6.55. The van der Waals surface area contributed by atoms with Crippen molar-refractivity contribution < 1.29 is 9.53 Å². The third kappa shape index (κ3) is 10.7. The molecule has 24 heavy (non-hydrogen) atoms. The molecule has 1 aromatic carbocycles. The number of esters is 1. The van der Waals surface area contributed by atoms with Crippen molar-refractivity contribution in [3.63, 3.8) is 0 Å². The van der Waals surface area contributed by atoms with E-state index in [0.717, 1.165) is 18.4 Å². The zero-order valence-corrected chi connectivity index (χ0v) is 16.1. The highest BCUT2D eigenvalue weighted by molar-refractivity contribution is 7.81. The molecule has 1 rings (SSSR count). The maximum atomic E-state index is 11.9. The fraction of sp³-hybridized carbons (Fsp3) is 0.667. The summed E-state index contributed by atoms with van der Waals surface area (Å²) in [5.41, 5.74) is 1.12. The minimum atomic E-state index is -0.365. The zero-order chi connectivity index (χ0) is 17.5. The van der Waals surface area contributed by atoms with Gasteiger partial charge in [0.25, 0.3) is 0 Å². The molecule has 1 atom stereocenters. The van der Waals surface area contributed by atoms with E-state index in [1.807, 2.05) is 30.3 Å². The summed E-state index contributed by atoms with van der Waals surface area (Å²) >= 11 is 4.37. The van der Waals surface area contributed by atoms with Gasteiger partial charge in [-0.05, 0) is 18.4 Å². The number of unbranched alkanes of at least 4 members (excludes halogenated alkanes) is 9. The van der Waals surface area contributed by atoms with Crippen molar-refractivity contribution in [2.75, 3.05) is 6.61 Å². The molecule has 0 spiro atoms. The molecule has 0 saturated carbocycles. The van der Waals surface area contributed by atoms with Crippen molar-refractivity contribution in [1.82, 2.24) is 0 Å². The second-order valence-corrected chi connectivity index (χ2v) is 7.18. The van der Waals surface area contributed by atoms with E-state index < -0.39 is 0 Å². The van der Waals surface area contributed by atoms with Crippen LogP contribution in [-0.4, -0.2) is 17.8 Å². The summed E-state index contributed by atoms with van der Waals surface area (Å²) in [7, 11) is 0. The standard InChI is InChI=1S/C21H34O2S/c1-2-3-4-5-6-7-8-9-10-14-17-23-21(22)20(24)18-19-15-12-11-13-16-19/h11-13,15-16,20,24H,2-10,14,17-18H2,1H3. The van der Waals surface area contributed by atoms with E-state index in [1.165, 1.54) is 51.4 Å². The normalized spacial score (nSPS) is 12.1. The number of hydrogen-bond acceptors (Lipinski definition) is 3. The lowest BCUT2D eigenvalue weighted by Gasteiger charge is -2.11. The van der Waals surface area contributed by atoms with Gasteiger partial charge in [0.05, 0.1) is 6.61 Å². The molecule has 0 aliphatic heterocycles. The summed E-state index contributed by atoms with van der Waals surface area (Å²) in [5.74, 6) is -0.196. The van der Waals surface area contributed by atoms with Crippen molar-refractivity contribution in [3.8, 4) is 0 Å². The van der Waals surface area contributed by atoms with Crippen molar-refractivity contribution in [2.45, 2.75) is 82.8 Å². The second kappa shape index (κ2) is 14.4. The highest BCUT2D eigenvalue weighted by Gasteiger charge is 2.15. The van der Waals surface area contributed by atoms with Crippen LogP contribution in [0.5, 0.6) is 0 Å². The van der Waals surface area contributed by atoms with Gasteiger partial charge < -0.3 is 4.74 Å². The first-order valence-corrected chi connectivity index (χ1v) is 10.1. The van der Waals surface area contributed by atoms with E-state index >= 15 is 0 Å². The lowest BCUT2D eigenvalue weighted by Crippen LogP contribution is -2.20. The molecule has 0 amide bonds. The summed E-state index contributed by atoms with van der Waals surface area (Å²) in [4.78, 5) is 11.9. The number of benzene rings is 1. The van der Waals surface area contributed by atoms with Crippen molar-refractivity contribution in [2.24, 2.45) is 0 Å². The van der Waals surface area contributed by atoms with Gasteiger partial charge >= 0.3 is 5.97 Å². The number of carbonyl (C=O) groups is 1. The molecule has 0 radical (unpaired) electrons. The van der Waals surface area contributed by atoms with Gasteiger partial charge in [0, 0.05) is 0 Å². The molecule has 0 fully saturated rings. The summed E-state index contributed by atoms with van der Waals surface area (Å²) < 4.78 is 5.33. The van der Waals surface area contributed by atoms with E-state index in [2.05, 4.69) is 19.6 Å². The molecule has 0 bridgehead atoms. The van der Waals surface area contributed by atoms with Crippen LogP contribution in [0.2, 0.25) is 0 Å². The number of rotatable bonds is 14. The summed E-state index contributed by atoms with van der Waals surface area (Å²) in [6.45, 7) is 2.78. The van der Waals surface area contributed by atoms with Crippen LogP contribution in [0.25, 0.3) is 0 Å². The van der Waals surface area contributed by atoms with Crippen LogP contribution in [0.15, 0.2) is 30.3 Å². The van der Waals surface area contributed by atoms with Crippen molar-refractivity contribution in [1.29, 1.82) is 0 Å². The molecule has 2 nitrogen and oxygen atoms in total. The third-order valence-electron chi connectivity index (χ3n) is 4.29. The maximum Gasteiger partial charge on any atom is 0.319 e. The van der Waals surface area contributed by atoms with E-state index in [-0.39, 0.29) is 11.2 Å². The van der Waals surface area contributed by atoms with E-state index in [0.29, 0.717) is 13.0 Å². The fourth-order valence-electron chi connectivity index (χ4n) is 2.78. The Balaban J connectivity index is 1.94. The van der Waals surface area contributed by atoms with Gasteiger partial charge in [-0.2, -0.15) is 12.6 Å². The first-order chi connectivity index (χ1) is 11.7. The number of carbonyl (C=O) groups excluding carboxylic acids is 1. The summed E-state index contributed by atoms with van der Waals surface area (Å²) in [5, 5.41) is -0.365. The molecule has 136 valence electrons. The molecular formula is C21H34O2S. The van der Waals surface area contributed by atoms with Crippen molar-refractivity contribution in [3.05, 3.63) is 35.9 Å². The Morgan fingerprint density at radius 1 is 0.917 bits per heavy atom. The lowest BCUT2D eigenvalue weighted by molar-refractivity contribution is -0.143. The average Bonchev–Trinajstić information content (AvgIpc) is 2.60. The van der Waals surface area contributed by atoms with Crippen LogP contribution in [0.3, 0.4) is 0 Å². The molecule has 0 aliphatic carbocycles. The van der Waals surface area contributed by atoms with Crippen molar-refractivity contribution >= 4 is 18.6 Å². The molecule has 0 aliphatic rings. The smallest absolute Gasteiger partial charge is 0.319 e. The van der Waals surface area contributed by atoms with E-state index in [4.69, 9.17) is 4.74 Å². The van der Waals surface area contributed by atoms with E-state index in [1.54, 1.807) is 0 Å². The Labute approximate surface area is 153 Å². The molecule has 0 N–H and O–H groups in total. The average molecular weight is 351 g/mol. The van der Waals surface area contributed by atoms with Gasteiger partial charge in [0.2, 0.25) is 0 Å². The molecule has 3 heteroatoms. The number of hydrogen-bond donors (Lipinski definition) is 1. The van der Waals surface area contributed by atoms with Gasteiger partial charge in [0.15, 0.2) is 0 Å². The minimum Gasteiger partial charge on any atom is -0.465 e. The van der Waals surface area contributed by atoms with Crippen LogP contribution in [0.1, 0.15) is 76.7 Å². The first-order valence-electron chi connectivity index (χ1n) is 9.62. The monoisotopic (exact) mass is 350 g/mol. The van der Waals surface area contributed by atoms with Gasteiger partial charge in [-0.1, -0.05) is 95.0 Å². The Kier molecular flexibility index (Phi) is 12.6. The molecule has 1 aromatic rings. The van der Waals surface area contributed by atoms with Crippen LogP contribution in [0.4, 0.5) is 0 Å². The largest absolute Gasteiger partial charge is 0.465 e. The SMILES string of the molecule is CCCCCCCCCCCCOC(=O)C(S)Cc1ccccc1. The Morgan fingerprint density at radius 3 is 2.04 bits per heavy atom. The quantitative estimate of drug-likeness (QED) is 0.253. The van der Waals surface area contributed by atoms with Gasteiger partial charge in [0.1, 0.15) is 5.25 Å². The predicted octanol–water partition coefficient (Wildman–Crippen LogP) is 5.99. The highest BCUT2D eigenvalue weighted by atomic mass is 32.1. The topological polar surface area (TPSA) is 26.3 Å². The highest BCUT2D eigenvalue weighted by Crippen LogP contribution is 2.12. The molecule has 0 aromatic heterocycles. The minimum absolute atomic E-state index is 0.196. The van der Waals surface area contributed by atoms with Gasteiger partial charge in [-0.25, -0.2) is 0 Å². The molecule has 0 saturated heterocycles. The zero-order valence-electron chi connectivity index (χ0n) is 15.2. The predicted molar refractivity (Wildman–Crippen MR) is 106 cm³/mol. The Hall–Kier alpha value is -0.960. The summed E-state index contributed by atoms with van der Waals surface area (Å²) in [6, 6.07) is 9.95. The lowest BCUT2D eigenvalue weighted by atomic mass is 10.1. The third-order valence-corrected chi connectivity index (χ3v) is 4.68. The number of ether oxygens (including phenoxy) is 1. The van der Waals surface area contributed by atoms with E-state index in [9.17, 15) is 4.79 Å². The van der Waals surface area contributed by atoms with Gasteiger partial charge in [-0.3, -0.25) is 4.79 Å². The fourth-order valence-corrected chi connectivity index (χ4v) is 3.06. The molecular weight excluding hydrogens is 316 g/mol. The van der Waals surface area contributed by atoms with Gasteiger partial charge in [-0.15, -0.1) is 0 Å². The maximum absolute atomic E-state index is 11.9. The Bertz CT molecular complexity index is 419. The van der Waals surface area contributed by atoms with Crippen LogP contribution in [-0.2, 0) is 16.0 Å². The summed E-state index contributed by atoms with van der Waals surface area (Å²) in [6.07, 6.45) is 13.5.